The van der Waals surface area contributed by atoms with Crippen molar-refractivity contribution in [3.05, 3.63) is 57.4 Å². The molecule has 2 heterocycles. The van der Waals surface area contributed by atoms with Crippen molar-refractivity contribution in [2.75, 3.05) is 0 Å². The van der Waals surface area contributed by atoms with Crippen LogP contribution in [0.25, 0.3) is 0 Å². The van der Waals surface area contributed by atoms with Crippen LogP contribution in [0.1, 0.15) is 176 Å². The summed E-state index contributed by atoms with van der Waals surface area (Å²) in [5, 5.41) is 4.31. The van der Waals surface area contributed by atoms with Gasteiger partial charge in [0.1, 0.15) is 0 Å². The van der Waals surface area contributed by atoms with Crippen LogP contribution in [0.4, 0.5) is 0 Å². The minimum atomic E-state index is 0.722. The van der Waals surface area contributed by atoms with Crippen molar-refractivity contribution in [3.8, 4) is 0 Å². The second-order valence-corrected chi connectivity index (χ2v) is 19.1. The SMILES string of the molecule is C=CCC(C(C)C)C1CC1.CC(C)C(C)C1CC1.CC(C)C(C)c1cccs1.CCC(C(C)C)C1CC1.CCC(c1cccs1)C(C)C. The third-order valence-corrected chi connectivity index (χ3v) is 13.7. The molecule has 0 N–H and O–H groups in total. The molecule has 0 aliphatic heterocycles. The van der Waals surface area contributed by atoms with Crippen LogP contribution in [-0.4, -0.2) is 0 Å². The van der Waals surface area contributed by atoms with Crippen molar-refractivity contribution in [2.24, 2.45) is 65.1 Å². The van der Waals surface area contributed by atoms with Gasteiger partial charge >= 0.3 is 0 Å². The highest BCUT2D eigenvalue weighted by Gasteiger charge is 2.32. The predicted octanol–water partition coefficient (Wildman–Crippen LogP) is 16.4. The van der Waals surface area contributed by atoms with Gasteiger partial charge in [0.15, 0.2) is 0 Å². The van der Waals surface area contributed by atoms with E-state index in [2.05, 4.69) is 145 Å². The van der Waals surface area contributed by atoms with Crippen LogP contribution < -0.4 is 0 Å². The van der Waals surface area contributed by atoms with Crippen LogP contribution in [0, 0.1) is 65.1 Å². The number of allylic oxidation sites excluding steroid dienone is 1. The van der Waals surface area contributed by atoms with E-state index >= 15 is 0 Å². The number of hydrogen-bond donors (Lipinski definition) is 0. The molecule has 3 aliphatic carbocycles. The maximum Gasteiger partial charge on any atom is 0.00786 e. The fourth-order valence-corrected chi connectivity index (χ4v) is 9.19. The molecule has 278 valence electrons. The quantitative estimate of drug-likeness (QED) is 0.172. The molecule has 0 amide bonds. The van der Waals surface area contributed by atoms with E-state index in [4.69, 9.17) is 0 Å². The smallest absolute Gasteiger partial charge is 0.00786 e. The zero-order chi connectivity index (χ0) is 36.4. The zero-order valence-electron chi connectivity index (χ0n) is 34.4. The minimum Gasteiger partial charge on any atom is -0.149 e. The second kappa shape index (κ2) is 24.3. The summed E-state index contributed by atoms with van der Waals surface area (Å²) in [7, 11) is 0. The highest BCUT2D eigenvalue weighted by atomic mass is 32.1. The molecule has 0 saturated heterocycles. The maximum atomic E-state index is 3.79. The Bertz CT molecular complexity index is 993. The molecule has 3 saturated carbocycles. The fourth-order valence-electron chi connectivity index (χ4n) is 7.15. The summed E-state index contributed by atoms with van der Waals surface area (Å²) in [5.74, 6) is 11.9. The number of thiophene rings is 2. The average molecular weight is 699 g/mol. The van der Waals surface area contributed by atoms with Gasteiger partial charge in [-0.1, -0.05) is 122 Å². The van der Waals surface area contributed by atoms with Gasteiger partial charge in [-0.05, 0) is 151 Å². The molecule has 3 aliphatic rings. The van der Waals surface area contributed by atoms with Gasteiger partial charge in [-0.3, -0.25) is 0 Å². The molecular weight excluding hydrogens is 617 g/mol. The monoisotopic (exact) mass is 699 g/mol. The average Bonchev–Trinajstić information content (AvgIpc) is 3.99. The summed E-state index contributed by atoms with van der Waals surface area (Å²) in [6.07, 6.45) is 14.9. The molecule has 0 aromatic carbocycles. The molecule has 0 bridgehead atoms. The summed E-state index contributed by atoms with van der Waals surface area (Å²) in [6, 6.07) is 8.73. The van der Waals surface area contributed by atoms with Crippen molar-refractivity contribution >= 4 is 22.7 Å². The molecule has 3 fully saturated rings. The third-order valence-electron chi connectivity index (χ3n) is 11.6. The Morgan fingerprint density at radius 2 is 1.04 bits per heavy atom. The van der Waals surface area contributed by atoms with E-state index in [1.54, 1.807) is 4.88 Å². The molecule has 2 heteroatoms. The Kier molecular flexibility index (Phi) is 22.9. The van der Waals surface area contributed by atoms with Gasteiger partial charge in [-0.15, -0.1) is 29.3 Å². The van der Waals surface area contributed by atoms with E-state index in [0.717, 1.165) is 76.9 Å². The molecule has 48 heavy (non-hydrogen) atoms. The van der Waals surface area contributed by atoms with E-state index in [-0.39, 0.29) is 0 Å². The van der Waals surface area contributed by atoms with Crippen LogP contribution in [0.15, 0.2) is 47.7 Å². The molecule has 0 spiro atoms. The first-order chi connectivity index (χ1) is 22.7. The molecule has 2 aromatic rings. The first-order valence-corrected chi connectivity index (χ1v) is 22.1. The Labute approximate surface area is 310 Å². The van der Waals surface area contributed by atoms with Crippen LogP contribution in [0.2, 0.25) is 0 Å². The minimum absolute atomic E-state index is 0.722. The highest BCUT2D eigenvalue weighted by Crippen LogP contribution is 2.43. The van der Waals surface area contributed by atoms with Crippen LogP contribution in [0.3, 0.4) is 0 Å². The number of rotatable bonds is 14. The number of hydrogen-bond acceptors (Lipinski definition) is 2. The van der Waals surface area contributed by atoms with Crippen LogP contribution >= 0.6 is 22.7 Å². The lowest BCUT2D eigenvalue weighted by molar-refractivity contribution is 0.329. The van der Waals surface area contributed by atoms with Gasteiger partial charge in [0.25, 0.3) is 0 Å². The lowest BCUT2D eigenvalue weighted by Gasteiger charge is -2.17. The lowest BCUT2D eigenvalue weighted by atomic mass is 9.88. The standard InChI is InChI=1S/C10H16S.C10H18.C9H14S.C9H18.C8H16/c1-4-9(8(2)3)10-6-5-7-11-10;1-4-5-10(8(2)3)9-6-7-9;1-7(2)8(3)9-5-4-6-10-9;1-4-9(7(2)3)8-5-6-8;1-6(2)7(3)8-4-5-8/h5-9H,4H2,1-3H3;4,8-10H,1,5-7H2,2-3H3;4-8H,1-3H3;7-9H,4-6H2,1-3H3;6-8H,4-5H2,1-3H3. The summed E-state index contributed by atoms with van der Waals surface area (Å²) in [4.78, 5) is 3.05. The summed E-state index contributed by atoms with van der Waals surface area (Å²) >= 11 is 3.74. The van der Waals surface area contributed by atoms with Crippen LogP contribution in [0.5, 0.6) is 0 Å². The topological polar surface area (TPSA) is 0 Å². The van der Waals surface area contributed by atoms with Crippen molar-refractivity contribution in [1.29, 1.82) is 0 Å². The van der Waals surface area contributed by atoms with Gasteiger partial charge in [0, 0.05) is 9.75 Å². The summed E-state index contributed by atoms with van der Waals surface area (Å²) in [6.45, 7) is 36.2. The highest BCUT2D eigenvalue weighted by molar-refractivity contribution is 7.10. The first-order valence-electron chi connectivity index (χ1n) is 20.4. The van der Waals surface area contributed by atoms with Gasteiger partial charge in [0.05, 0.1) is 0 Å². The molecule has 0 nitrogen and oxygen atoms in total. The Morgan fingerprint density at radius 1 is 0.583 bits per heavy atom. The van der Waals surface area contributed by atoms with Crippen molar-refractivity contribution in [1.82, 2.24) is 0 Å². The van der Waals surface area contributed by atoms with Crippen molar-refractivity contribution < 1.29 is 0 Å². The van der Waals surface area contributed by atoms with Crippen molar-refractivity contribution in [2.45, 2.75) is 167 Å². The molecular formula is C46H82S2. The predicted molar refractivity (Wildman–Crippen MR) is 224 cm³/mol. The van der Waals surface area contributed by atoms with E-state index in [0.29, 0.717) is 0 Å². The maximum absolute atomic E-state index is 3.79. The van der Waals surface area contributed by atoms with Gasteiger partial charge < -0.3 is 0 Å². The summed E-state index contributed by atoms with van der Waals surface area (Å²) < 4.78 is 0. The molecule has 5 atom stereocenters. The normalized spacial score (nSPS) is 18.7. The van der Waals surface area contributed by atoms with E-state index < -0.39 is 0 Å². The fraction of sp³-hybridized carbons (Fsp3) is 0.783. The van der Waals surface area contributed by atoms with Gasteiger partial charge in [-0.2, -0.15) is 0 Å². The largest absolute Gasteiger partial charge is 0.149 e. The summed E-state index contributed by atoms with van der Waals surface area (Å²) in [5.41, 5.74) is 0. The van der Waals surface area contributed by atoms with Gasteiger partial charge in [0.2, 0.25) is 0 Å². The zero-order valence-corrected chi connectivity index (χ0v) is 36.1. The molecule has 5 rings (SSSR count). The van der Waals surface area contributed by atoms with Crippen LogP contribution in [-0.2, 0) is 0 Å². The Hall–Kier alpha value is -0.860. The van der Waals surface area contributed by atoms with Gasteiger partial charge in [-0.25, -0.2) is 0 Å². The first kappa shape index (κ1) is 45.2. The van der Waals surface area contributed by atoms with E-state index in [1.807, 2.05) is 22.7 Å². The Balaban J connectivity index is 0.000000301. The van der Waals surface area contributed by atoms with E-state index in [9.17, 15) is 0 Å². The Morgan fingerprint density at radius 3 is 1.29 bits per heavy atom. The van der Waals surface area contributed by atoms with Crippen molar-refractivity contribution in [3.63, 3.8) is 0 Å². The molecule has 0 radical (unpaired) electrons. The lowest BCUT2D eigenvalue weighted by Crippen LogP contribution is -2.09. The third kappa shape index (κ3) is 18.4. The van der Waals surface area contributed by atoms with E-state index in [1.165, 1.54) is 62.7 Å². The second-order valence-electron chi connectivity index (χ2n) is 17.2. The molecule has 2 aromatic heterocycles. The molecule has 5 unspecified atom stereocenters.